The van der Waals surface area contributed by atoms with Gasteiger partial charge in [-0.1, -0.05) is 18.2 Å². The Bertz CT molecular complexity index is 1010. The fourth-order valence-electron chi connectivity index (χ4n) is 2.50. The van der Waals surface area contributed by atoms with Crippen LogP contribution in [-0.4, -0.2) is 16.1 Å². The lowest BCUT2D eigenvalue weighted by atomic mass is 10.1. The molecule has 1 N–H and O–H groups in total. The van der Waals surface area contributed by atoms with Crippen molar-refractivity contribution in [2.45, 2.75) is 0 Å². The molecule has 0 saturated carbocycles. The van der Waals surface area contributed by atoms with Gasteiger partial charge < -0.3 is 14.5 Å². The summed E-state index contributed by atoms with van der Waals surface area (Å²) >= 11 is 0. The lowest BCUT2D eigenvalue weighted by molar-refractivity contribution is 0.102. The molecule has 1 heterocycles. The first-order valence-electron chi connectivity index (χ1n) is 8.29. The Hall–Kier alpha value is -3.93. The predicted molar refractivity (Wildman–Crippen MR) is 101 cm³/mol. The fourth-order valence-corrected chi connectivity index (χ4v) is 2.50. The number of nitrogens with one attached hydrogen (secondary N) is 1. The van der Waals surface area contributed by atoms with Gasteiger partial charge in [0.1, 0.15) is 11.5 Å². The third-order valence-corrected chi connectivity index (χ3v) is 3.85. The summed E-state index contributed by atoms with van der Waals surface area (Å²) in [5.74, 6) is 1.67. The number of nitrogens with zero attached hydrogens (tertiary/aromatic N) is 2. The number of anilines is 1. The van der Waals surface area contributed by atoms with Gasteiger partial charge in [0.15, 0.2) is 0 Å². The molecule has 1 amide bonds. The Morgan fingerprint density at radius 2 is 1.56 bits per heavy atom. The van der Waals surface area contributed by atoms with Crippen molar-refractivity contribution in [1.82, 2.24) is 10.2 Å². The molecule has 0 radical (unpaired) electrons. The minimum atomic E-state index is -0.205. The molecule has 0 aliphatic heterocycles. The van der Waals surface area contributed by atoms with Gasteiger partial charge in [-0.05, 0) is 60.7 Å². The first kappa shape index (κ1) is 16.5. The molecule has 4 aromatic rings. The molecular weight excluding hydrogens is 342 g/mol. The Balaban J connectivity index is 1.40. The number of aromatic nitrogens is 2. The zero-order valence-corrected chi connectivity index (χ0v) is 14.2. The molecule has 1 aromatic heterocycles. The first-order valence-corrected chi connectivity index (χ1v) is 8.29. The van der Waals surface area contributed by atoms with Crippen LogP contribution in [0.2, 0.25) is 0 Å². The van der Waals surface area contributed by atoms with Crippen molar-refractivity contribution in [1.29, 1.82) is 0 Å². The summed E-state index contributed by atoms with van der Waals surface area (Å²) in [6.45, 7) is 0. The third kappa shape index (κ3) is 4.01. The van der Waals surface area contributed by atoms with E-state index in [1.54, 1.807) is 48.5 Å². The van der Waals surface area contributed by atoms with Crippen LogP contribution < -0.4 is 10.1 Å². The average molecular weight is 357 g/mol. The molecule has 0 spiro atoms. The Morgan fingerprint density at radius 3 is 2.22 bits per heavy atom. The summed E-state index contributed by atoms with van der Waals surface area (Å²) in [7, 11) is 0. The molecule has 0 fully saturated rings. The van der Waals surface area contributed by atoms with Crippen LogP contribution in [0.4, 0.5) is 5.69 Å². The number of carbonyl (C=O) groups is 1. The normalized spacial score (nSPS) is 10.4. The standard InChI is InChI=1S/C21H15N3O3/c25-20(15-6-8-16(9-7-15)21-24-22-14-26-21)23-17-10-12-19(13-11-17)27-18-4-2-1-3-5-18/h1-14H,(H,23,25). The molecule has 27 heavy (non-hydrogen) atoms. The zero-order valence-electron chi connectivity index (χ0n) is 14.2. The number of para-hydroxylation sites is 1. The van der Waals surface area contributed by atoms with E-state index in [0.717, 1.165) is 11.3 Å². The van der Waals surface area contributed by atoms with Crippen molar-refractivity contribution >= 4 is 11.6 Å². The van der Waals surface area contributed by atoms with E-state index in [0.29, 0.717) is 22.9 Å². The molecule has 3 aromatic carbocycles. The van der Waals surface area contributed by atoms with Crippen molar-refractivity contribution < 1.29 is 13.9 Å². The molecular formula is C21H15N3O3. The molecule has 0 saturated heterocycles. The fraction of sp³-hybridized carbons (Fsp3) is 0. The largest absolute Gasteiger partial charge is 0.457 e. The topological polar surface area (TPSA) is 77.2 Å². The Kier molecular flexibility index (Phi) is 4.61. The molecule has 4 rings (SSSR count). The highest BCUT2D eigenvalue weighted by atomic mass is 16.5. The van der Waals surface area contributed by atoms with E-state index >= 15 is 0 Å². The second-order valence-electron chi connectivity index (χ2n) is 5.71. The van der Waals surface area contributed by atoms with Crippen molar-refractivity contribution in [2.24, 2.45) is 0 Å². The summed E-state index contributed by atoms with van der Waals surface area (Å²) in [5, 5.41) is 10.3. The van der Waals surface area contributed by atoms with Gasteiger partial charge in [0.2, 0.25) is 12.3 Å². The van der Waals surface area contributed by atoms with Crippen LogP contribution in [0.25, 0.3) is 11.5 Å². The van der Waals surface area contributed by atoms with E-state index in [-0.39, 0.29) is 5.91 Å². The number of amides is 1. The molecule has 0 atom stereocenters. The average Bonchev–Trinajstić information content (AvgIpc) is 3.25. The lowest BCUT2D eigenvalue weighted by Crippen LogP contribution is -2.11. The van der Waals surface area contributed by atoms with Crippen LogP contribution in [0.3, 0.4) is 0 Å². The highest BCUT2D eigenvalue weighted by molar-refractivity contribution is 6.04. The second-order valence-corrected chi connectivity index (χ2v) is 5.71. The Labute approximate surface area is 155 Å². The van der Waals surface area contributed by atoms with Crippen molar-refractivity contribution in [3.05, 3.63) is 90.8 Å². The summed E-state index contributed by atoms with van der Waals surface area (Å²) in [6.07, 6.45) is 1.27. The van der Waals surface area contributed by atoms with E-state index in [4.69, 9.17) is 9.15 Å². The molecule has 6 nitrogen and oxygen atoms in total. The monoisotopic (exact) mass is 357 g/mol. The SMILES string of the molecule is O=C(Nc1ccc(Oc2ccccc2)cc1)c1ccc(-c2nnco2)cc1. The van der Waals surface area contributed by atoms with Gasteiger partial charge in [-0.25, -0.2) is 0 Å². The van der Waals surface area contributed by atoms with Crippen molar-refractivity contribution in [2.75, 3.05) is 5.32 Å². The van der Waals surface area contributed by atoms with E-state index in [9.17, 15) is 4.79 Å². The number of rotatable bonds is 5. The highest BCUT2D eigenvalue weighted by Crippen LogP contribution is 2.23. The highest BCUT2D eigenvalue weighted by Gasteiger charge is 2.09. The summed E-state index contributed by atoms with van der Waals surface area (Å²) < 4.78 is 10.9. The van der Waals surface area contributed by atoms with Gasteiger partial charge in [-0.3, -0.25) is 4.79 Å². The number of benzene rings is 3. The van der Waals surface area contributed by atoms with Gasteiger partial charge in [0.05, 0.1) is 0 Å². The smallest absolute Gasteiger partial charge is 0.255 e. The maximum atomic E-state index is 12.4. The Morgan fingerprint density at radius 1 is 0.852 bits per heavy atom. The summed E-state index contributed by atoms with van der Waals surface area (Å²) in [5.41, 5.74) is 1.97. The third-order valence-electron chi connectivity index (χ3n) is 3.85. The van der Waals surface area contributed by atoms with Crippen LogP contribution in [-0.2, 0) is 0 Å². The van der Waals surface area contributed by atoms with Crippen LogP contribution in [0.15, 0.2) is 89.7 Å². The summed E-state index contributed by atoms with van der Waals surface area (Å²) in [6, 6.07) is 23.7. The van der Waals surface area contributed by atoms with Gasteiger partial charge in [0, 0.05) is 16.8 Å². The molecule has 132 valence electrons. The van der Waals surface area contributed by atoms with Gasteiger partial charge in [-0.2, -0.15) is 0 Å². The number of hydrogen-bond donors (Lipinski definition) is 1. The van der Waals surface area contributed by atoms with Crippen LogP contribution in [0.1, 0.15) is 10.4 Å². The molecule has 0 unspecified atom stereocenters. The number of carbonyl (C=O) groups excluding carboxylic acids is 1. The number of hydrogen-bond acceptors (Lipinski definition) is 5. The minimum absolute atomic E-state index is 0.205. The maximum absolute atomic E-state index is 12.4. The number of ether oxygens (including phenoxy) is 1. The lowest BCUT2D eigenvalue weighted by Gasteiger charge is -2.08. The van der Waals surface area contributed by atoms with E-state index in [2.05, 4.69) is 15.5 Å². The van der Waals surface area contributed by atoms with Crippen molar-refractivity contribution in [3.63, 3.8) is 0 Å². The zero-order chi connectivity index (χ0) is 18.5. The predicted octanol–water partition coefficient (Wildman–Crippen LogP) is 4.78. The molecule has 6 heteroatoms. The second kappa shape index (κ2) is 7.53. The van der Waals surface area contributed by atoms with Crippen LogP contribution in [0, 0.1) is 0 Å². The molecule has 0 bridgehead atoms. The summed E-state index contributed by atoms with van der Waals surface area (Å²) in [4.78, 5) is 12.4. The molecule has 0 aliphatic rings. The van der Waals surface area contributed by atoms with Crippen LogP contribution in [0.5, 0.6) is 11.5 Å². The van der Waals surface area contributed by atoms with Crippen LogP contribution >= 0.6 is 0 Å². The van der Waals surface area contributed by atoms with Gasteiger partial charge in [0.25, 0.3) is 5.91 Å². The van der Waals surface area contributed by atoms with E-state index in [1.165, 1.54) is 6.39 Å². The van der Waals surface area contributed by atoms with Gasteiger partial charge >= 0.3 is 0 Å². The van der Waals surface area contributed by atoms with E-state index in [1.807, 2.05) is 30.3 Å². The quantitative estimate of drug-likeness (QED) is 0.556. The van der Waals surface area contributed by atoms with E-state index < -0.39 is 0 Å². The maximum Gasteiger partial charge on any atom is 0.255 e. The minimum Gasteiger partial charge on any atom is -0.457 e. The molecule has 0 aliphatic carbocycles. The first-order chi connectivity index (χ1) is 13.3. The van der Waals surface area contributed by atoms with Crippen molar-refractivity contribution in [3.8, 4) is 23.0 Å². The van der Waals surface area contributed by atoms with Gasteiger partial charge in [-0.15, -0.1) is 10.2 Å².